The molecule has 0 aromatic heterocycles. The van der Waals surface area contributed by atoms with Gasteiger partial charge in [0.15, 0.2) is 11.6 Å². The maximum absolute atomic E-state index is 13.6. The monoisotopic (exact) mass is 251 g/mol. The van der Waals surface area contributed by atoms with Crippen molar-refractivity contribution < 1.29 is 9.13 Å². The molecular weight excluding hydrogens is 229 g/mol. The third-order valence-corrected chi connectivity index (χ3v) is 3.20. The molecule has 0 saturated heterocycles. The Morgan fingerprint density at radius 2 is 2.22 bits per heavy atom. The number of rotatable bonds is 7. The van der Waals surface area contributed by atoms with Crippen molar-refractivity contribution in [2.24, 2.45) is 0 Å². The van der Waals surface area contributed by atoms with E-state index in [0.717, 1.165) is 24.9 Å². The molecule has 1 atom stereocenters. The summed E-state index contributed by atoms with van der Waals surface area (Å²) in [6.45, 7) is 4.88. The lowest BCUT2D eigenvalue weighted by atomic mass is 10.2. The van der Waals surface area contributed by atoms with Crippen LogP contribution in [0.2, 0.25) is 0 Å². The molecule has 0 bridgehead atoms. The second-order valence-electron chi connectivity index (χ2n) is 5.14. The van der Waals surface area contributed by atoms with Crippen molar-refractivity contribution in [2.45, 2.75) is 51.7 Å². The van der Waals surface area contributed by atoms with E-state index in [1.165, 1.54) is 18.9 Å². The minimum Gasteiger partial charge on any atom is -0.486 e. The summed E-state index contributed by atoms with van der Waals surface area (Å²) in [5.41, 5.74) is 1.02. The molecule has 100 valence electrons. The van der Waals surface area contributed by atoms with Crippen LogP contribution in [0.5, 0.6) is 5.75 Å². The van der Waals surface area contributed by atoms with Crippen molar-refractivity contribution in [1.82, 2.24) is 5.32 Å². The molecule has 0 spiro atoms. The Morgan fingerprint density at radius 1 is 1.44 bits per heavy atom. The molecule has 0 radical (unpaired) electrons. The van der Waals surface area contributed by atoms with Gasteiger partial charge in [-0.1, -0.05) is 19.4 Å². The fourth-order valence-corrected chi connectivity index (χ4v) is 1.99. The highest BCUT2D eigenvalue weighted by Gasteiger charge is 2.22. The normalized spacial score (nSPS) is 16.6. The van der Waals surface area contributed by atoms with Crippen molar-refractivity contribution in [2.75, 3.05) is 6.54 Å². The van der Waals surface area contributed by atoms with Gasteiger partial charge in [-0.3, -0.25) is 0 Å². The summed E-state index contributed by atoms with van der Waals surface area (Å²) in [4.78, 5) is 0. The van der Waals surface area contributed by atoms with Crippen LogP contribution in [0.25, 0.3) is 0 Å². The van der Waals surface area contributed by atoms with Crippen molar-refractivity contribution in [1.29, 1.82) is 0 Å². The van der Waals surface area contributed by atoms with Crippen LogP contribution in [-0.4, -0.2) is 18.7 Å². The van der Waals surface area contributed by atoms with Gasteiger partial charge in [0.1, 0.15) is 6.10 Å². The van der Waals surface area contributed by atoms with E-state index in [0.29, 0.717) is 11.8 Å². The minimum atomic E-state index is -0.270. The van der Waals surface area contributed by atoms with Gasteiger partial charge in [-0.15, -0.1) is 0 Å². The summed E-state index contributed by atoms with van der Waals surface area (Å²) in [6, 6.07) is 5.67. The maximum atomic E-state index is 13.6. The fraction of sp³-hybridized carbons (Fsp3) is 0.600. The molecule has 1 aromatic rings. The Morgan fingerprint density at radius 3 is 2.89 bits per heavy atom. The topological polar surface area (TPSA) is 21.3 Å². The summed E-state index contributed by atoms with van der Waals surface area (Å²) in [5, 5.41) is 3.45. The van der Waals surface area contributed by atoms with Crippen LogP contribution in [0.15, 0.2) is 18.2 Å². The molecule has 0 amide bonds. The van der Waals surface area contributed by atoms with E-state index in [1.807, 2.05) is 6.92 Å². The van der Waals surface area contributed by atoms with E-state index in [9.17, 15) is 4.39 Å². The molecule has 1 aromatic carbocycles. The lowest BCUT2D eigenvalue weighted by molar-refractivity contribution is 0.178. The second-order valence-corrected chi connectivity index (χ2v) is 5.14. The highest BCUT2D eigenvalue weighted by Crippen LogP contribution is 2.22. The minimum absolute atomic E-state index is 0.0619. The van der Waals surface area contributed by atoms with Gasteiger partial charge < -0.3 is 10.1 Å². The maximum Gasteiger partial charge on any atom is 0.165 e. The zero-order chi connectivity index (χ0) is 13.0. The van der Waals surface area contributed by atoms with Gasteiger partial charge in [-0.25, -0.2) is 4.39 Å². The summed E-state index contributed by atoms with van der Waals surface area (Å²) in [7, 11) is 0. The van der Waals surface area contributed by atoms with Gasteiger partial charge in [0, 0.05) is 12.6 Å². The van der Waals surface area contributed by atoms with Crippen LogP contribution < -0.4 is 10.1 Å². The molecular formula is C15H22FNO. The number of benzene rings is 1. The molecule has 0 heterocycles. The van der Waals surface area contributed by atoms with Crippen LogP contribution in [0.4, 0.5) is 4.39 Å². The second kappa shape index (κ2) is 6.19. The molecule has 1 aliphatic carbocycles. The van der Waals surface area contributed by atoms with E-state index >= 15 is 0 Å². The van der Waals surface area contributed by atoms with Crippen molar-refractivity contribution in [3.05, 3.63) is 29.6 Å². The van der Waals surface area contributed by atoms with E-state index in [2.05, 4.69) is 12.2 Å². The Hall–Kier alpha value is -1.09. The van der Waals surface area contributed by atoms with Crippen molar-refractivity contribution in [3.63, 3.8) is 0 Å². The number of ether oxygens (including phenoxy) is 1. The predicted molar refractivity (Wildman–Crippen MR) is 71.5 cm³/mol. The van der Waals surface area contributed by atoms with Crippen LogP contribution >= 0.6 is 0 Å². The summed E-state index contributed by atoms with van der Waals surface area (Å²) in [6.07, 6.45) is 4.58. The molecule has 1 aliphatic rings. The van der Waals surface area contributed by atoms with Gasteiger partial charge in [0.25, 0.3) is 0 Å². The third kappa shape index (κ3) is 3.98. The lowest BCUT2D eigenvalue weighted by Crippen LogP contribution is -2.32. The van der Waals surface area contributed by atoms with Gasteiger partial charge in [-0.2, -0.15) is 0 Å². The first-order valence-corrected chi connectivity index (χ1v) is 6.85. The molecule has 1 saturated carbocycles. The third-order valence-electron chi connectivity index (χ3n) is 3.20. The molecule has 3 heteroatoms. The fourth-order valence-electron chi connectivity index (χ4n) is 1.99. The largest absolute Gasteiger partial charge is 0.486 e. The number of halogens is 1. The molecule has 0 aliphatic heterocycles. The van der Waals surface area contributed by atoms with Crippen molar-refractivity contribution >= 4 is 0 Å². The average molecular weight is 251 g/mol. The first-order chi connectivity index (χ1) is 8.69. The quantitative estimate of drug-likeness (QED) is 0.801. The van der Waals surface area contributed by atoms with Crippen LogP contribution in [0, 0.1) is 12.7 Å². The lowest BCUT2D eigenvalue weighted by Gasteiger charge is -2.20. The molecule has 2 rings (SSSR count). The average Bonchev–Trinajstić information content (AvgIpc) is 3.15. The Balaban J connectivity index is 1.94. The number of aryl methyl sites for hydroxylation is 1. The number of hydrogen-bond acceptors (Lipinski definition) is 2. The van der Waals surface area contributed by atoms with Crippen LogP contribution in [-0.2, 0) is 0 Å². The molecule has 1 N–H and O–H groups in total. The predicted octanol–water partition coefficient (Wildman–Crippen LogP) is 3.43. The van der Waals surface area contributed by atoms with Gasteiger partial charge >= 0.3 is 0 Å². The van der Waals surface area contributed by atoms with Crippen LogP contribution in [0.1, 0.15) is 38.2 Å². The zero-order valence-corrected chi connectivity index (χ0v) is 11.2. The highest BCUT2D eigenvalue weighted by molar-refractivity contribution is 5.29. The Labute approximate surface area is 109 Å². The molecule has 18 heavy (non-hydrogen) atoms. The number of hydrogen-bond donors (Lipinski definition) is 1. The highest BCUT2D eigenvalue weighted by atomic mass is 19.1. The Bertz CT molecular complexity index is 390. The molecule has 2 nitrogen and oxygen atoms in total. The standard InChI is InChI=1S/C15H22FNO/c1-3-4-13(10-17-12-6-7-12)18-15-9-11(2)5-8-14(15)16/h5,8-9,12-13,17H,3-4,6-7,10H2,1-2H3. The SMILES string of the molecule is CCCC(CNC1CC1)Oc1cc(C)ccc1F. The Kier molecular flexibility index (Phi) is 4.59. The van der Waals surface area contributed by atoms with Gasteiger partial charge in [0.05, 0.1) is 0 Å². The van der Waals surface area contributed by atoms with E-state index in [-0.39, 0.29) is 11.9 Å². The van der Waals surface area contributed by atoms with E-state index in [1.54, 1.807) is 12.1 Å². The van der Waals surface area contributed by atoms with Gasteiger partial charge in [-0.05, 0) is 43.9 Å². The molecule has 1 unspecified atom stereocenters. The van der Waals surface area contributed by atoms with Gasteiger partial charge in [0.2, 0.25) is 0 Å². The first-order valence-electron chi connectivity index (χ1n) is 6.85. The number of nitrogens with one attached hydrogen (secondary N) is 1. The zero-order valence-electron chi connectivity index (χ0n) is 11.2. The van der Waals surface area contributed by atoms with Crippen molar-refractivity contribution in [3.8, 4) is 5.75 Å². The molecule has 1 fully saturated rings. The summed E-state index contributed by atoms with van der Waals surface area (Å²) >= 11 is 0. The van der Waals surface area contributed by atoms with E-state index in [4.69, 9.17) is 4.74 Å². The van der Waals surface area contributed by atoms with Crippen LogP contribution in [0.3, 0.4) is 0 Å². The van der Waals surface area contributed by atoms with E-state index < -0.39 is 0 Å². The summed E-state index contributed by atoms with van der Waals surface area (Å²) in [5.74, 6) is 0.110. The smallest absolute Gasteiger partial charge is 0.165 e. The summed E-state index contributed by atoms with van der Waals surface area (Å²) < 4.78 is 19.4. The first kappa shape index (κ1) is 13.3.